The molecule has 28 heavy (non-hydrogen) atoms. The summed E-state index contributed by atoms with van der Waals surface area (Å²) in [4.78, 5) is 21.1. The van der Waals surface area contributed by atoms with Gasteiger partial charge in [0, 0.05) is 34.1 Å². The highest BCUT2D eigenvalue weighted by Gasteiger charge is 2.31. The van der Waals surface area contributed by atoms with Crippen LogP contribution in [-0.4, -0.2) is 23.0 Å². The van der Waals surface area contributed by atoms with Gasteiger partial charge in [0.25, 0.3) is 0 Å². The van der Waals surface area contributed by atoms with E-state index >= 15 is 0 Å². The van der Waals surface area contributed by atoms with Crippen LogP contribution in [0.4, 0.5) is 10.8 Å². The molecule has 2 aliphatic rings. The highest BCUT2D eigenvalue weighted by atomic mass is 32.1. The number of aryl methyl sites for hydroxylation is 1. The lowest BCUT2D eigenvalue weighted by atomic mass is 9.88. The summed E-state index contributed by atoms with van der Waals surface area (Å²) in [7, 11) is 0. The van der Waals surface area contributed by atoms with Gasteiger partial charge in [0.2, 0.25) is 5.91 Å². The summed E-state index contributed by atoms with van der Waals surface area (Å²) in [5, 5.41) is 4.44. The number of hydrogen-bond donors (Lipinski definition) is 1. The Morgan fingerprint density at radius 1 is 1.21 bits per heavy atom. The molecule has 1 aromatic heterocycles. The van der Waals surface area contributed by atoms with Gasteiger partial charge in [-0.05, 0) is 64.7 Å². The fourth-order valence-electron chi connectivity index (χ4n) is 4.39. The van der Waals surface area contributed by atoms with E-state index in [0.29, 0.717) is 5.91 Å². The lowest BCUT2D eigenvalue weighted by Gasteiger charge is -2.26. The molecule has 1 aromatic carbocycles. The van der Waals surface area contributed by atoms with Crippen LogP contribution in [0.2, 0.25) is 0 Å². The Bertz CT molecular complexity index is 874. The van der Waals surface area contributed by atoms with Crippen LogP contribution in [0.1, 0.15) is 63.3 Å². The molecule has 4 rings (SSSR count). The van der Waals surface area contributed by atoms with Crippen LogP contribution in [0.3, 0.4) is 0 Å². The van der Waals surface area contributed by atoms with Crippen molar-refractivity contribution >= 4 is 28.1 Å². The van der Waals surface area contributed by atoms with Crippen molar-refractivity contribution in [1.29, 1.82) is 0 Å². The molecule has 0 saturated heterocycles. The highest BCUT2D eigenvalue weighted by molar-refractivity contribution is 7.16. The maximum atomic E-state index is 13.0. The van der Waals surface area contributed by atoms with Gasteiger partial charge in [-0.3, -0.25) is 4.79 Å². The van der Waals surface area contributed by atoms with Crippen LogP contribution in [0.15, 0.2) is 18.2 Å². The molecule has 150 valence electrons. The van der Waals surface area contributed by atoms with Crippen LogP contribution >= 0.6 is 11.3 Å². The van der Waals surface area contributed by atoms with Gasteiger partial charge in [0.05, 0.1) is 5.69 Å². The highest BCUT2D eigenvalue weighted by Crippen LogP contribution is 2.37. The van der Waals surface area contributed by atoms with Gasteiger partial charge >= 0.3 is 0 Å². The normalized spacial score (nSPS) is 17.6. The number of thiazole rings is 1. The summed E-state index contributed by atoms with van der Waals surface area (Å²) in [5.74, 6) is 0.568. The van der Waals surface area contributed by atoms with Crippen molar-refractivity contribution in [1.82, 2.24) is 4.98 Å². The van der Waals surface area contributed by atoms with Crippen molar-refractivity contribution in [3.63, 3.8) is 0 Å². The largest absolute Gasteiger partial charge is 0.357 e. The third-order valence-electron chi connectivity index (χ3n) is 5.75. The lowest BCUT2D eigenvalue weighted by molar-refractivity contribution is -0.123. The SMILES string of the molecule is Cc1sc(NC(C)(C)C)nc1-c1ccc2c(c1)CCN2C(=O)C1CCCCC1. The van der Waals surface area contributed by atoms with Gasteiger partial charge in [0.1, 0.15) is 0 Å². The van der Waals surface area contributed by atoms with Crippen molar-refractivity contribution in [3.8, 4) is 11.3 Å². The standard InChI is InChI=1S/C23H31N3OS/c1-15-20(24-22(28-15)25-23(2,3)4)18-10-11-19-17(14-18)12-13-26(19)21(27)16-8-6-5-7-9-16/h10-11,14,16H,5-9,12-13H2,1-4H3,(H,24,25). The number of fused-ring (bicyclic) bond motifs is 1. The average molecular weight is 398 g/mol. The van der Waals surface area contributed by atoms with E-state index in [9.17, 15) is 4.79 Å². The smallest absolute Gasteiger partial charge is 0.230 e. The van der Waals surface area contributed by atoms with Crippen LogP contribution < -0.4 is 10.2 Å². The molecule has 2 aromatic rings. The average Bonchev–Trinajstić information content (AvgIpc) is 3.23. The van der Waals surface area contributed by atoms with E-state index < -0.39 is 0 Å². The Morgan fingerprint density at radius 2 is 1.96 bits per heavy atom. The van der Waals surface area contributed by atoms with E-state index in [2.05, 4.69) is 51.2 Å². The summed E-state index contributed by atoms with van der Waals surface area (Å²) >= 11 is 1.71. The van der Waals surface area contributed by atoms with Crippen molar-refractivity contribution in [2.75, 3.05) is 16.8 Å². The zero-order chi connectivity index (χ0) is 19.9. The first-order valence-electron chi connectivity index (χ1n) is 10.5. The van der Waals surface area contributed by atoms with Crippen molar-refractivity contribution < 1.29 is 4.79 Å². The van der Waals surface area contributed by atoms with Gasteiger partial charge in [-0.15, -0.1) is 11.3 Å². The van der Waals surface area contributed by atoms with E-state index in [1.807, 2.05) is 4.90 Å². The van der Waals surface area contributed by atoms with Gasteiger partial charge in [-0.25, -0.2) is 4.98 Å². The van der Waals surface area contributed by atoms with Gasteiger partial charge in [-0.2, -0.15) is 0 Å². The minimum Gasteiger partial charge on any atom is -0.357 e. The second kappa shape index (κ2) is 7.51. The molecule has 4 nitrogen and oxygen atoms in total. The van der Waals surface area contributed by atoms with E-state index in [0.717, 1.165) is 47.9 Å². The maximum Gasteiger partial charge on any atom is 0.230 e. The first kappa shape index (κ1) is 19.4. The van der Waals surface area contributed by atoms with Crippen molar-refractivity contribution in [2.24, 2.45) is 5.92 Å². The first-order chi connectivity index (χ1) is 13.3. The molecule has 2 heterocycles. The topological polar surface area (TPSA) is 45.2 Å². The van der Waals surface area contributed by atoms with E-state index in [1.54, 1.807) is 11.3 Å². The Morgan fingerprint density at radius 3 is 2.68 bits per heavy atom. The third-order valence-corrected chi connectivity index (χ3v) is 6.63. The minimum atomic E-state index is -0.000516. The number of carbonyl (C=O) groups is 1. The third kappa shape index (κ3) is 3.95. The quantitative estimate of drug-likeness (QED) is 0.712. The molecular weight excluding hydrogens is 366 g/mol. The number of anilines is 2. The fraction of sp³-hybridized carbons (Fsp3) is 0.565. The zero-order valence-electron chi connectivity index (χ0n) is 17.5. The van der Waals surface area contributed by atoms with E-state index in [1.165, 1.54) is 29.7 Å². The molecule has 1 saturated carbocycles. The van der Waals surface area contributed by atoms with Crippen LogP contribution in [0, 0.1) is 12.8 Å². The molecule has 1 aliphatic heterocycles. The van der Waals surface area contributed by atoms with Crippen LogP contribution in [0.25, 0.3) is 11.3 Å². The summed E-state index contributed by atoms with van der Waals surface area (Å²) in [6.07, 6.45) is 6.74. The van der Waals surface area contributed by atoms with Crippen molar-refractivity contribution in [3.05, 3.63) is 28.6 Å². The summed E-state index contributed by atoms with van der Waals surface area (Å²) in [6, 6.07) is 6.51. The first-order valence-corrected chi connectivity index (χ1v) is 11.3. The number of benzene rings is 1. The predicted molar refractivity (Wildman–Crippen MR) is 118 cm³/mol. The molecule has 1 amide bonds. The number of hydrogen-bond acceptors (Lipinski definition) is 4. The summed E-state index contributed by atoms with van der Waals surface area (Å²) in [5.41, 5.74) is 4.59. The zero-order valence-corrected chi connectivity index (χ0v) is 18.3. The molecule has 1 fully saturated rings. The molecule has 5 heteroatoms. The lowest BCUT2D eigenvalue weighted by Crippen LogP contribution is -2.35. The molecule has 0 spiro atoms. The summed E-state index contributed by atoms with van der Waals surface area (Å²) in [6.45, 7) is 9.40. The number of carbonyl (C=O) groups excluding carboxylic acids is 1. The molecule has 0 unspecified atom stereocenters. The second-order valence-corrected chi connectivity index (χ2v) is 10.4. The Hall–Kier alpha value is -1.88. The molecule has 0 atom stereocenters. The van der Waals surface area contributed by atoms with Gasteiger partial charge < -0.3 is 10.2 Å². The van der Waals surface area contributed by atoms with Crippen LogP contribution in [-0.2, 0) is 11.2 Å². The van der Waals surface area contributed by atoms with Gasteiger partial charge in [-0.1, -0.05) is 25.3 Å². The Balaban J connectivity index is 1.56. The second-order valence-electron chi connectivity index (χ2n) is 9.22. The Kier molecular flexibility index (Phi) is 5.21. The van der Waals surface area contributed by atoms with Gasteiger partial charge in [0.15, 0.2) is 5.13 Å². The number of rotatable bonds is 3. The van der Waals surface area contributed by atoms with Crippen LogP contribution in [0.5, 0.6) is 0 Å². The Labute approximate surface area is 172 Å². The predicted octanol–water partition coefficient (Wildman–Crippen LogP) is 5.80. The number of nitrogens with zero attached hydrogens (tertiary/aromatic N) is 2. The number of nitrogens with one attached hydrogen (secondary N) is 1. The van der Waals surface area contributed by atoms with E-state index in [-0.39, 0.29) is 11.5 Å². The molecular formula is C23H31N3OS. The fourth-order valence-corrected chi connectivity index (χ4v) is 5.43. The molecule has 0 radical (unpaired) electrons. The number of aromatic nitrogens is 1. The molecule has 1 N–H and O–H groups in total. The summed E-state index contributed by atoms with van der Waals surface area (Å²) < 4.78 is 0. The molecule has 0 bridgehead atoms. The molecule has 1 aliphatic carbocycles. The minimum absolute atomic E-state index is 0.000516. The number of amides is 1. The van der Waals surface area contributed by atoms with E-state index in [4.69, 9.17) is 4.98 Å². The van der Waals surface area contributed by atoms with Crippen molar-refractivity contribution in [2.45, 2.75) is 71.8 Å². The maximum absolute atomic E-state index is 13.0. The monoisotopic (exact) mass is 397 g/mol.